The van der Waals surface area contributed by atoms with Crippen molar-refractivity contribution in [3.63, 3.8) is 0 Å². The van der Waals surface area contributed by atoms with Crippen LogP contribution < -0.4 is 0 Å². The maximum atomic E-state index is 12.4. The van der Waals surface area contributed by atoms with E-state index in [4.69, 9.17) is 0 Å². The molecule has 0 heterocycles. The van der Waals surface area contributed by atoms with Gasteiger partial charge >= 0.3 is 0 Å². The zero-order chi connectivity index (χ0) is 11.9. The maximum absolute atomic E-state index is 12.4. The van der Waals surface area contributed by atoms with Gasteiger partial charge in [0.15, 0.2) is 9.84 Å². The molecule has 0 aromatic rings. The summed E-state index contributed by atoms with van der Waals surface area (Å²) in [5.74, 6) is 0. The van der Waals surface area contributed by atoms with Crippen LogP contribution >= 0.6 is 0 Å². The molecule has 0 aromatic carbocycles. The molecule has 0 N–H and O–H groups in total. The van der Waals surface area contributed by atoms with Crippen LogP contribution in [0.25, 0.3) is 0 Å². The number of hydrogen-bond acceptors (Lipinski definition) is 2. The molecular formula is C12H20O2S. The molecular weight excluding hydrogens is 208 g/mol. The second-order valence-corrected chi connectivity index (χ2v) is 8.58. The summed E-state index contributed by atoms with van der Waals surface area (Å²) in [7, 11) is -3.15. The van der Waals surface area contributed by atoms with Crippen LogP contribution in [-0.2, 0) is 9.84 Å². The predicted octanol–water partition coefficient (Wildman–Crippen LogP) is 2.86. The summed E-state index contributed by atoms with van der Waals surface area (Å²) in [6.45, 7) is 9.05. The normalized spacial score (nSPS) is 27.7. The quantitative estimate of drug-likeness (QED) is 0.691. The Hall–Kier alpha value is -0.570. The summed E-state index contributed by atoms with van der Waals surface area (Å²) in [6.07, 6.45) is 6.29. The Kier molecular flexibility index (Phi) is 2.90. The van der Waals surface area contributed by atoms with Gasteiger partial charge in [-0.2, -0.15) is 0 Å². The molecule has 1 rings (SSSR count). The monoisotopic (exact) mass is 228 g/mol. The van der Waals surface area contributed by atoms with E-state index >= 15 is 0 Å². The Balaban J connectivity index is 3.16. The first-order valence-electron chi connectivity index (χ1n) is 5.20. The van der Waals surface area contributed by atoms with Gasteiger partial charge in [0.25, 0.3) is 0 Å². The van der Waals surface area contributed by atoms with Crippen LogP contribution in [0.5, 0.6) is 0 Å². The van der Waals surface area contributed by atoms with Gasteiger partial charge in [-0.3, -0.25) is 0 Å². The average Bonchev–Trinajstić information content (AvgIpc) is 2.08. The minimum atomic E-state index is -3.15. The Morgan fingerprint density at radius 3 is 2.20 bits per heavy atom. The molecule has 0 aromatic heterocycles. The van der Waals surface area contributed by atoms with Crippen molar-refractivity contribution >= 4 is 9.84 Å². The third-order valence-electron chi connectivity index (χ3n) is 2.95. The minimum Gasteiger partial charge on any atom is -0.227 e. The van der Waals surface area contributed by atoms with Gasteiger partial charge in [-0.15, -0.1) is 0 Å². The lowest BCUT2D eigenvalue weighted by Gasteiger charge is -2.34. The molecule has 2 nitrogen and oxygen atoms in total. The first kappa shape index (κ1) is 12.5. The molecule has 0 saturated heterocycles. The number of rotatable bonds is 1. The van der Waals surface area contributed by atoms with Crippen molar-refractivity contribution in [1.82, 2.24) is 0 Å². The van der Waals surface area contributed by atoms with Crippen LogP contribution in [0, 0.1) is 0 Å². The first-order chi connectivity index (χ1) is 6.60. The molecule has 86 valence electrons. The van der Waals surface area contributed by atoms with Crippen molar-refractivity contribution in [3.05, 3.63) is 23.8 Å². The highest BCUT2D eigenvalue weighted by atomic mass is 32.2. The standard InChI is InChI=1S/C12H20O2S/c1-10-6-8-12(5,9-7-10)15(13,14)11(2,3)4/h6-8H,9H2,1-5H3. The van der Waals surface area contributed by atoms with Crippen molar-refractivity contribution in [3.8, 4) is 0 Å². The van der Waals surface area contributed by atoms with Gasteiger partial charge in [-0.1, -0.05) is 23.8 Å². The second-order valence-electron chi connectivity index (χ2n) is 5.41. The predicted molar refractivity (Wildman–Crippen MR) is 64.6 cm³/mol. The van der Waals surface area contributed by atoms with Gasteiger partial charge in [0.1, 0.15) is 0 Å². The lowest BCUT2D eigenvalue weighted by Crippen LogP contribution is -2.45. The van der Waals surface area contributed by atoms with Crippen molar-refractivity contribution in [2.45, 2.75) is 50.5 Å². The highest BCUT2D eigenvalue weighted by Crippen LogP contribution is 2.35. The van der Waals surface area contributed by atoms with E-state index in [1.54, 1.807) is 27.7 Å². The average molecular weight is 228 g/mol. The van der Waals surface area contributed by atoms with E-state index in [0.29, 0.717) is 6.42 Å². The second kappa shape index (κ2) is 3.48. The van der Waals surface area contributed by atoms with Gasteiger partial charge in [0.05, 0.1) is 9.49 Å². The summed E-state index contributed by atoms with van der Waals surface area (Å²) in [5, 5.41) is 0. The Morgan fingerprint density at radius 1 is 1.33 bits per heavy atom. The Morgan fingerprint density at radius 2 is 1.87 bits per heavy atom. The molecule has 0 radical (unpaired) electrons. The lowest BCUT2D eigenvalue weighted by molar-refractivity contribution is 0.527. The van der Waals surface area contributed by atoms with Gasteiger partial charge in [0, 0.05) is 0 Å². The van der Waals surface area contributed by atoms with E-state index in [1.165, 1.54) is 0 Å². The van der Waals surface area contributed by atoms with E-state index in [2.05, 4.69) is 0 Å². The molecule has 1 aliphatic carbocycles. The molecule has 1 atom stereocenters. The van der Waals surface area contributed by atoms with Crippen LogP contribution in [0.2, 0.25) is 0 Å². The Bertz CT molecular complexity index is 407. The molecule has 15 heavy (non-hydrogen) atoms. The molecule has 0 spiro atoms. The SMILES string of the molecule is CC1=CCC(C)(S(=O)(=O)C(C)(C)C)C=C1. The summed E-state index contributed by atoms with van der Waals surface area (Å²) >= 11 is 0. The molecule has 1 aliphatic rings. The molecule has 0 saturated carbocycles. The zero-order valence-corrected chi connectivity index (χ0v) is 11.0. The molecule has 0 aliphatic heterocycles. The molecule has 0 fully saturated rings. The Labute approximate surface area is 93.0 Å². The number of sulfone groups is 1. The van der Waals surface area contributed by atoms with E-state index in [-0.39, 0.29) is 0 Å². The molecule has 3 heteroatoms. The molecule has 1 unspecified atom stereocenters. The van der Waals surface area contributed by atoms with Gasteiger partial charge in [-0.25, -0.2) is 8.42 Å². The van der Waals surface area contributed by atoms with E-state index < -0.39 is 19.3 Å². The van der Waals surface area contributed by atoms with Gasteiger partial charge in [-0.05, 0) is 41.0 Å². The zero-order valence-electron chi connectivity index (χ0n) is 10.2. The van der Waals surface area contributed by atoms with Crippen LogP contribution in [0.3, 0.4) is 0 Å². The summed E-state index contributed by atoms with van der Waals surface area (Å²) in [4.78, 5) is 0. The summed E-state index contributed by atoms with van der Waals surface area (Å²) in [5.41, 5.74) is 1.14. The third-order valence-corrected chi connectivity index (χ3v) is 6.09. The van der Waals surface area contributed by atoms with Crippen molar-refractivity contribution < 1.29 is 8.42 Å². The van der Waals surface area contributed by atoms with Gasteiger partial charge < -0.3 is 0 Å². The number of allylic oxidation sites excluding steroid dienone is 3. The smallest absolute Gasteiger partial charge is 0.164 e. The van der Waals surface area contributed by atoms with Crippen molar-refractivity contribution in [1.29, 1.82) is 0 Å². The van der Waals surface area contributed by atoms with Crippen LogP contribution in [0.15, 0.2) is 23.8 Å². The van der Waals surface area contributed by atoms with E-state index in [9.17, 15) is 8.42 Å². The lowest BCUT2D eigenvalue weighted by atomic mass is 9.98. The van der Waals surface area contributed by atoms with Crippen LogP contribution in [0.4, 0.5) is 0 Å². The highest BCUT2D eigenvalue weighted by molar-refractivity contribution is 7.94. The van der Waals surface area contributed by atoms with Gasteiger partial charge in [0.2, 0.25) is 0 Å². The topological polar surface area (TPSA) is 34.1 Å². The van der Waals surface area contributed by atoms with E-state index in [1.807, 2.05) is 25.2 Å². The largest absolute Gasteiger partial charge is 0.227 e. The van der Waals surface area contributed by atoms with E-state index in [0.717, 1.165) is 5.57 Å². The fraction of sp³-hybridized carbons (Fsp3) is 0.667. The third kappa shape index (κ3) is 2.03. The first-order valence-corrected chi connectivity index (χ1v) is 6.69. The summed E-state index contributed by atoms with van der Waals surface area (Å²) in [6, 6.07) is 0. The fourth-order valence-corrected chi connectivity index (χ4v) is 3.66. The van der Waals surface area contributed by atoms with Crippen molar-refractivity contribution in [2.24, 2.45) is 0 Å². The molecule has 0 bridgehead atoms. The highest BCUT2D eigenvalue weighted by Gasteiger charge is 2.44. The number of hydrogen-bond donors (Lipinski definition) is 0. The summed E-state index contributed by atoms with van der Waals surface area (Å²) < 4.78 is 23.3. The minimum absolute atomic E-state index is 0.578. The maximum Gasteiger partial charge on any atom is 0.164 e. The fourth-order valence-electron chi connectivity index (χ4n) is 1.71. The van der Waals surface area contributed by atoms with Crippen LogP contribution in [-0.4, -0.2) is 17.9 Å². The van der Waals surface area contributed by atoms with Crippen LogP contribution in [0.1, 0.15) is 41.0 Å². The van der Waals surface area contributed by atoms with Crippen molar-refractivity contribution in [2.75, 3.05) is 0 Å². The molecule has 0 amide bonds.